The summed E-state index contributed by atoms with van der Waals surface area (Å²) in [7, 11) is 2.23. The van der Waals surface area contributed by atoms with E-state index in [1.165, 1.54) is 54.2 Å². The van der Waals surface area contributed by atoms with Crippen molar-refractivity contribution in [1.82, 2.24) is 5.32 Å². The first-order valence-corrected chi connectivity index (χ1v) is 8.28. The third-order valence-electron chi connectivity index (χ3n) is 4.44. The topological polar surface area (TPSA) is 15.3 Å². The number of hydrogen-bond acceptors (Lipinski definition) is 2. The van der Waals surface area contributed by atoms with Crippen molar-refractivity contribution in [1.29, 1.82) is 0 Å². The van der Waals surface area contributed by atoms with Gasteiger partial charge in [-0.05, 0) is 59.3 Å². The molecule has 19 heavy (non-hydrogen) atoms. The molecule has 0 aliphatic heterocycles. The van der Waals surface area contributed by atoms with Crippen molar-refractivity contribution in [2.45, 2.75) is 57.2 Å². The summed E-state index contributed by atoms with van der Waals surface area (Å²) in [6.07, 6.45) is 8.15. The molecule has 0 saturated heterocycles. The molecular formula is C16H23BrN2. The maximum atomic E-state index is 3.75. The molecule has 104 valence electrons. The number of anilines is 1. The summed E-state index contributed by atoms with van der Waals surface area (Å²) in [5.74, 6) is 0. The Morgan fingerprint density at radius 1 is 1.21 bits per heavy atom. The van der Waals surface area contributed by atoms with E-state index in [2.05, 4.69) is 51.4 Å². The Kier molecular flexibility index (Phi) is 4.13. The van der Waals surface area contributed by atoms with Gasteiger partial charge in [0, 0.05) is 30.1 Å². The first-order valence-electron chi connectivity index (χ1n) is 7.48. The van der Waals surface area contributed by atoms with Crippen molar-refractivity contribution in [3.63, 3.8) is 0 Å². The zero-order valence-corrected chi connectivity index (χ0v) is 13.2. The average molecular weight is 323 g/mol. The Morgan fingerprint density at radius 3 is 2.58 bits per heavy atom. The van der Waals surface area contributed by atoms with E-state index in [1.54, 1.807) is 0 Å². The number of nitrogens with one attached hydrogen (secondary N) is 1. The molecule has 2 fully saturated rings. The van der Waals surface area contributed by atoms with Gasteiger partial charge < -0.3 is 10.2 Å². The molecule has 3 rings (SSSR count). The van der Waals surface area contributed by atoms with Crippen molar-refractivity contribution < 1.29 is 0 Å². The van der Waals surface area contributed by atoms with Crippen LogP contribution in [0.4, 0.5) is 5.69 Å². The Bertz CT molecular complexity index is 436. The average Bonchev–Trinajstić information content (AvgIpc) is 3.07. The van der Waals surface area contributed by atoms with E-state index < -0.39 is 0 Å². The molecule has 0 bridgehead atoms. The van der Waals surface area contributed by atoms with E-state index >= 15 is 0 Å². The van der Waals surface area contributed by atoms with Gasteiger partial charge in [-0.15, -0.1) is 0 Å². The fourth-order valence-electron chi connectivity index (χ4n) is 2.98. The normalized spacial score (nSPS) is 19.9. The van der Waals surface area contributed by atoms with E-state index in [0.29, 0.717) is 0 Å². The molecule has 0 unspecified atom stereocenters. The Balaban J connectivity index is 1.67. The smallest absolute Gasteiger partial charge is 0.0510 e. The summed E-state index contributed by atoms with van der Waals surface area (Å²) in [6.45, 7) is 0.997. The molecule has 2 nitrogen and oxygen atoms in total. The summed E-state index contributed by atoms with van der Waals surface area (Å²) >= 11 is 3.75. The van der Waals surface area contributed by atoms with Crippen LogP contribution in [0, 0.1) is 0 Å². The highest BCUT2D eigenvalue weighted by atomic mass is 79.9. The number of halogens is 1. The van der Waals surface area contributed by atoms with E-state index in [-0.39, 0.29) is 0 Å². The Hall–Kier alpha value is -0.540. The van der Waals surface area contributed by atoms with Gasteiger partial charge in [-0.25, -0.2) is 0 Å². The van der Waals surface area contributed by atoms with Crippen LogP contribution in [0.15, 0.2) is 22.7 Å². The first kappa shape index (κ1) is 13.4. The van der Waals surface area contributed by atoms with Crippen molar-refractivity contribution in [2.24, 2.45) is 0 Å². The molecule has 0 atom stereocenters. The molecule has 2 aliphatic carbocycles. The maximum Gasteiger partial charge on any atom is 0.0510 e. The predicted molar refractivity (Wildman–Crippen MR) is 84.7 cm³/mol. The number of nitrogens with zero attached hydrogens (tertiary/aromatic N) is 1. The van der Waals surface area contributed by atoms with Gasteiger partial charge in [0.25, 0.3) is 0 Å². The third kappa shape index (κ3) is 3.32. The zero-order chi connectivity index (χ0) is 13.2. The van der Waals surface area contributed by atoms with Crippen molar-refractivity contribution in [3.05, 3.63) is 28.2 Å². The SMILES string of the molecule is CN(c1ccc(CNC2CC2)cc1Br)C1CCCC1. The second-order valence-electron chi connectivity index (χ2n) is 5.99. The fraction of sp³-hybridized carbons (Fsp3) is 0.625. The molecule has 0 aromatic heterocycles. The summed E-state index contributed by atoms with van der Waals surface area (Å²) in [4.78, 5) is 2.45. The second-order valence-corrected chi connectivity index (χ2v) is 6.84. The van der Waals surface area contributed by atoms with Crippen molar-refractivity contribution in [2.75, 3.05) is 11.9 Å². The molecule has 3 heteroatoms. The van der Waals surface area contributed by atoms with Gasteiger partial charge in [-0.3, -0.25) is 0 Å². The van der Waals surface area contributed by atoms with Crippen molar-refractivity contribution >= 4 is 21.6 Å². The van der Waals surface area contributed by atoms with Gasteiger partial charge in [0.2, 0.25) is 0 Å². The lowest BCUT2D eigenvalue weighted by Crippen LogP contribution is -2.29. The van der Waals surface area contributed by atoms with Crippen molar-refractivity contribution in [3.8, 4) is 0 Å². The van der Waals surface area contributed by atoms with Crippen LogP contribution >= 0.6 is 15.9 Å². The Morgan fingerprint density at radius 2 is 1.95 bits per heavy atom. The summed E-state index contributed by atoms with van der Waals surface area (Å²) in [6, 6.07) is 8.31. The van der Waals surface area contributed by atoms with Gasteiger partial charge >= 0.3 is 0 Å². The standard InChI is InChI=1S/C16H23BrN2/c1-19(14-4-2-3-5-14)16-9-6-12(10-15(16)17)11-18-13-7-8-13/h6,9-10,13-14,18H,2-5,7-8,11H2,1H3. The van der Waals surface area contributed by atoms with Crippen LogP contribution in [-0.2, 0) is 6.54 Å². The molecular weight excluding hydrogens is 300 g/mol. The molecule has 0 radical (unpaired) electrons. The summed E-state index contributed by atoms with van der Waals surface area (Å²) in [5.41, 5.74) is 2.71. The number of rotatable bonds is 5. The lowest BCUT2D eigenvalue weighted by Gasteiger charge is -2.27. The van der Waals surface area contributed by atoms with Crippen LogP contribution in [0.2, 0.25) is 0 Å². The lowest BCUT2D eigenvalue weighted by atomic mass is 10.1. The monoisotopic (exact) mass is 322 g/mol. The van der Waals surface area contributed by atoms with Gasteiger partial charge in [-0.1, -0.05) is 18.9 Å². The van der Waals surface area contributed by atoms with Crippen LogP contribution in [-0.4, -0.2) is 19.1 Å². The molecule has 1 aromatic carbocycles. The summed E-state index contributed by atoms with van der Waals surface area (Å²) < 4.78 is 1.23. The minimum Gasteiger partial charge on any atom is -0.371 e. The number of benzene rings is 1. The fourth-order valence-corrected chi connectivity index (χ4v) is 3.69. The highest BCUT2D eigenvalue weighted by molar-refractivity contribution is 9.10. The Labute approximate surface area is 124 Å². The molecule has 0 spiro atoms. The number of hydrogen-bond donors (Lipinski definition) is 1. The largest absolute Gasteiger partial charge is 0.371 e. The third-order valence-corrected chi connectivity index (χ3v) is 5.07. The van der Waals surface area contributed by atoms with E-state index in [4.69, 9.17) is 0 Å². The van der Waals surface area contributed by atoms with Gasteiger partial charge in [0.1, 0.15) is 0 Å². The minimum absolute atomic E-state index is 0.728. The van der Waals surface area contributed by atoms with Gasteiger partial charge in [-0.2, -0.15) is 0 Å². The van der Waals surface area contributed by atoms with Crippen LogP contribution in [0.3, 0.4) is 0 Å². The molecule has 2 aliphatic rings. The molecule has 0 heterocycles. The van der Waals surface area contributed by atoms with Crippen LogP contribution in [0.1, 0.15) is 44.1 Å². The van der Waals surface area contributed by atoms with E-state index in [1.807, 2.05) is 0 Å². The zero-order valence-electron chi connectivity index (χ0n) is 11.7. The molecule has 1 aromatic rings. The highest BCUT2D eigenvalue weighted by Gasteiger charge is 2.22. The second kappa shape index (κ2) is 5.84. The van der Waals surface area contributed by atoms with Crippen LogP contribution in [0.25, 0.3) is 0 Å². The lowest BCUT2D eigenvalue weighted by molar-refractivity contribution is 0.651. The van der Waals surface area contributed by atoms with Crippen LogP contribution in [0.5, 0.6) is 0 Å². The predicted octanol–water partition coefficient (Wildman–Crippen LogP) is 4.08. The quantitative estimate of drug-likeness (QED) is 0.878. The van der Waals surface area contributed by atoms with E-state index in [0.717, 1.165) is 18.6 Å². The van der Waals surface area contributed by atoms with Gasteiger partial charge in [0.05, 0.1) is 5.69 Å². The van der Waals surface area contributed by atoms with Crippen LogP contribution < -0.4 is 10.2 Å². The molecule has 1 N–H and O–H groups in total. The van der Waals surface area contributed by atoms with E-state index in [9.17, 15) is 0 Å². The minimum atomic E-state index is 0.728. The first-order chi connectivity index (χ1) is 9.24. The highest BCUT2D eigenvalue weighted by Crippen LogP contribution is 2.32. The maximum absolute atomic E-state index is 3.75. The molecule has 2 saturated carbocycles. The van der Waals surface area contributed by atoms with Gasteiger partial charge in [0.15, 0.2) is 0 Å². The molecule has 0 amide bonds. The summed E-state index contributed by atoms with van der Waals surface area (Å²) in [5, 5.41) is 3.57.